The maximum Gasteiger partial charge on any atom is 1.00 e. The summed E-state index contributed by atoms with van der Waals surface area (Å²) in [5.74, 6) is -5.85. The quantitative estimate of drug-likeness (QED) is 0.112. The molecule has 6 N–H and O–H groups in total. The number of aliphatic carboxylic acids is 4. The predicted molar refractivity (Wildman–Crippen MR) is 139 cm³/mol. The minimum Gasteiger partial charge on any atom is -0.870 e. The Labute approximate surface area is 262 Å². The van der Waals surface area contributed by atoms with Gasteiger partial charge in [0.2, 0.25) is 0 Å². The fraction of sp³-hybridized carbons (Fsp3) is 0.360. The summed E-state index contributed by atoms with van der Waals surface area (Å²) in [6.45, 7) is -1.20. The van der Waals surface area contributed by atoms with Crippen molar-refractivity contribution in [2.45, 2.75) is 25.1 Å². The first-order valence-corrected chi connectivity index (χ1v) is 13.2. The Bertz CT molecular complexity index is 1450. The third-order valence-electron chi connectivity index (χ3n) is 6.52. The summed E-state index contributed by atoms with van der Waals surface area (Å²) >= 11 is 0. The Balaban J connectivity index is 0.00000441. The number of benzene rings is 2. The van der Waals surface area contributed by atoms with Gasteiger partial charge in [-0.3, -0.25) is 29.0 Å². The molecule has 1 aliphatic rings. The average molecular weight is 621 g/mol. The molecule has 0 aromatic heterocycles. The smallest absolute Gasteiger partial charge is 0.870 e. The van der Waals surface area contributed by atoms with E-state index in [1.54, 1.807) is 0 Å². The molecule has 1 aliphatic heterocycles. The molecule has 2 aromatic rings. The fourth-order valence-electron chi connectivity index (χ4n) is 4.95. The summed E-state index contributed by atoms with van der Waals surface area (Å²) in [4.78, 5) is 47.9. The number of carboxylic acids is 4. The number of hydrogen-bond acceptors (Lipinski definition) is 11. The second-order valence-electron chi connectivity index (χ2n) is 9.42. The largest absolute Gasteiger partial charge is 1.00 e. The van der Waals surface area contributed by atoms with Gasteiger partial charge in [-0.05, 0) is 36.6 Å². The van der Waals surface area contributed by atoms with Crippen molar-refractivity contribution in [1.29, 1.82) is 0 Å². The average Bonchev–Trinajstić information content (AvgIpc) is 3.03. The molecule has 0 saturated carbocycles. The predicted octanol–water partition coefficient (Wildman–Crippen LogP) is -2.76. The van der Waals surface area contributed by atoms with Crippen LogP contribution < -0.4 is 33.7 Å². The summed E-state index contributed by atoms with van der Waals surface area (Å²) in [6, 6.07) is 7.24. The molecule has 0 spiro atoms. The van der Waals surface area contributed by atoms with E-state index in [-0.39, 0.29) is 74.3 Å². The van der Waals surface area contributed by atoms with Gasteiger partial charge in [0.15, 0.2) is 4.75 Å². The number of carbonyl (C=O) groups is 4. The van der Waals surface area contributed by atoms with Crippen LogP contribution in [0.25, 0.3) is 0 Å². The zero-order chi connectivity index (χ0) is 30.0. The molecule has 0 aliphatic carbocycles. The third kappa shape index (κ3) is 7.57. The van der Waals surface area contributed by atoms with E-state index in [1.807, 2.05) is 0 Å². The van der Waals surface area contributed by atoms with Crippen molar-refractivity contribution in [2.75, 3.05) is 32.7 Å². The number of phenols is 1. The van der Waals surface area contributed by atoms with Crippen LogP contribution in [0.1, 0.15) is 27.8 Å². The van der Waals surface area contributed by atoms with E-state index in [2.05, 4.69) is 0 Å². The van der Waals surface area contributed by atoms with Crippen LogP contribution in [0.3, 0.4) is 0 Å². The number of hydrogen-bond donors (Lipinski definition) is 5. The Morgan fingerprint density at radius 3 is 1.81 bits per heavy atom. The summed E-state index contributed by atoms with van der Waals surface area (Å²) in [5.41, 5.74) is 0.456. The fourth-order valence-corrected chi connectivity index (χ4v) is 6.73. The SMILES string of the molecule is Cc1cc(C2(CN(CC(=O)O)CC(=O)O)c3ccccc3OS2(=O)=O)c(C)c(CN(CC(=O)O)CC(=O)O)c1O.[Na+].[OH-]. The monoisotopic (exact) mass is 620 g/mol. The van der Waals surface area contributed by atoms with Crippen molar-refractivity contribution in [3.63, 3.8) is 0 Å². The van der Waals surface area contributed by atoms with Crippen molar-refractivity contribution in [1.82, 2.24) is 9.80 Å². The number of rotatable bonds is 13. The minimum absolute atomic E-state index is 0. The van der Waals surface area contributed by atoms with Crippen LogP contribution in [-0.4, -0.2) is 106 Å². The standard InChI is InChI=1S/C25H28N2O12S.Na.H2O/c1-14-7-18(15(2)16(24(14)36)8-26(9-20(28)29)10-21(30)31)25(13-27(11-22(32)33)12-23(34)35)17-5-3-4-6-19(17)39-40(25,37)38;;/h3-7,36H,8-13H2,1-2H3,(H,28,29)(H,30,31)(H,32,33)(H,34,35);;1H2/q;+1;/p-1. The van der Waals surface area contributed by atoms with E-state index < -0.39 is 78.0 Å². The van der Waals surface area contributed by atoms with Crippen LogP contribution in [-0.2, 0) is 40.6 Å². The van der Waals surface area contributed by atoms with E-state index in [9.17, 15) is 53.1 Å². The van der Waals surface area contributed by atoms with Crippen LogP contribution in [0.5, 0.6) is 11.5 Å². The first kappa shape index (κ1) is 36.8. The maximum atomic E-state index is 13.8. The van der Waals surface area contributed by atoms with Crippen LogP contribution in [0, 0.1) is 13.8 Å². The van der Waals surface area contributed by atoms with Crippen molar-refractivity contribution in [3.05, 3.63) is 58.1 Å². The molecule has 1 atom stereocenters. The number of phenolic OH excluding ortho intramolecular Hbond substituents is 1. The Hall–Kier alpha value is -3.25. The summed E-state index contributed by atoms with van der Waals surface area (Å²) < 4.78 is 30.9. The van der Waals surface area contributed by atoms with Gasteiger partial charge in [-0.1, -0.05) is 24.3 Å². The molecule has 1 heterocycles. The van der Waals surface area contributed by atoms with Gasteiger partial charge < -0.3 is 35.2 Å². The molecule has 224 valence electrons. The minimum atomic E-state index is -4.67. The molecule has 0 bridgehead atoms. The second-order valence-corrected chi connectivity index (χ2v) is 11.2. The Morgan fingerprint density at radius 2 is 1.31 bits per heavy atom. The summed E-state index contributed by atoms with van der Waals surface area (Å²) in [5, 5.41) is 48.3. The molecule has 2 aromatic carbocycles. The van der Waals surface area contributed by atoms with Crippen molar-refractivity contribution >= 4 is 34.0 Å². The van der Waals surface area contributed by atoms with E-state index in [1.165, 1.54) is 44.2 Å². The van der Waals surface area contributed by atoms with Crippen LogP contribution in [0.15, 0.2) is 30.3 Å². The molecule has 0 fully saturated rings. The number of nitrogens with zero attached hydrogens (tertiary/aromatic N) is 2. The zero-order valence-corrected chi connectivity index (χ0v) is 25.8. The molecule has 1 unspecified atom stereocenters. The second kappa shape index (κ2) is 14.3. The van der Waals surface area contributed by atoms with Crippen molar-refractivity contribution in [2.24, 2.45) is 0 Å². The van der Waals surface area contributed by atoms with Crippen LogP contribution in [0.2, 0.25) is 0 Å². The van der Waals surface area contributed by atoms with Gasteiger partial charge in [0, 0.05) is 24.2 Å². The zero-order valence-electron chi connectivity index (χ0n) is 23.0. The molecule has 17 heteroatoms. The molecule has 42 heavy (non-hydrogen) atoms. The van der Waals surface area contributed by atoms with Gasteiger partial charge >= 0.3 is 63.6 Å². The molecule has 0 amide bonds. The van der Waals surface area contributed by atoms with Gasteiger partial charge in [0.1, 0.15) is 11.5 Å². The molecule has 0 radical (unpaired) electrons. The van der Waals surface area contributed by atoms with Crippen LogP contribution >= 0.6 is 0 Å². The van der Waals surface area contributed by atoms with E-state index in [0.29, 0.717) is 0 Å². The number of aromatic hydroxyl groups is 1. The van der Waals surface area contributed by atoms with Crippen molar-refractivity contribution in [3.8, 4) is 11.5 Å². The third-order valence-corrected chi connectivity index (χ3v) is 8.35. The van der Waals surface area contributed by atoms with Gasteiger partial charge in [0.25, 0.3) is 0 Å². The van der Waals surface area contributed by atoms with Gasteiger partial charge in [0.05, 0.1) is 26.2 Å². The Morgan fingerprint density at radius 1 is 0.833 bits per heavy atom. The van der Waals surface area contributed by atoms with Gasteiger partial charge in [-0.25, -0.2) is 0 Å². The first-order chi connectivity index (χ1) is 18.6. The number of carboxylic acid groups (broad SMARTS) is 4. The summed E-state index contributed by atoms with van der Waals surface area (Å²) in [6.07, 6.45) is 0. The van der Waals surface area contributed by atoms with Gasteiger partial charge in [-0.2, -0.15) is 8.42 Å². The molecule has 3 rings (SSSR count). The van der Waals surface area contributed by atoms with E-state index in [0.717, 1.165) is 9.80 Å². The molecule has 0 saturated heterocycles. The van der Waals surface area contributed by atoms with Gasteiger partial charge in [-0.15, -0.1) is 0 Å². The molecular formula is C25H29N2NaO13S. The van der Waals surface area contributed by atoms with E-state index >= 15 is 0 Å². The normalized spacial score (nSPS) is 16.6. The number of para-hydroxylation sites is 1. The first-order valence-electron chi connectivity index (χ1n) is 11.8. The molecule has 15 nitrogen and oxygen atoms in total. The van der Waals surface area contributed by atoms with Crippen molar-refractivity contribution < 1.29 is 92.3 Å². The number of fused-ring (bicyclic) bond motifs is 1. The maximum absolute atomic E-state index is 13.8. The topological polar surface area (TPSA) is 249 Å². The summed E-state index contributed by atoms with van der Waals surface area (Å²) in [7, 11) is -4.67. The van der Waals surface area contributed by atoms with Crippen LogP contribution in [0.4, 0.5) is 0 Å². The molecular weight excluding hydrogens is 591 g/mol. The van der Waals surface area contributed by atoms with E-state index in [4.69, 9.17) is 4.18 Å². The number of aryl methyl sites for hydroxylation is 1. The Kier molecular flexibility index (Phi) is 12.5.